The molecule has 3 N–H and O–H groups in total. The first-order chi connectivity index (χ1) is 7.58. The fourth-order valence-corrected chi connectivity index (χ4v) is 1.46. The highest BCUT2D eigenvalue weighted by Crippen LogP contribution is 2.31. The summed E-state index contributed by atoms with van der Waals surface area (Å²) in [7, 11) is 0. The van der Waals surface area contributed by atoms with E-state index in [2.05, 4.69) is 5.16 Å². The first-order valence-corrected chi connectivity index (χ1v) is 4.77. The number of rotatable bonds is 2. The molecule has 5 heteroatoms. The maximum atomic E-state index is 13.2. The van der Waals surface area contributed by atoms with Crippen LogP contribution >= 0.6 is 0 Å². The van der Waals surface area contributed by atoms with Crippen molar-refractivity contribution in [3.05, 3.63) is 29.8 Å². The smallest absolute Gasteiger partial charge is 0.222 e. The van der Waals surface area contributed by atoms with Crippen LogP contribution in [0.5, 0.6) is 5.75 Å². The molecule has 0 saturated heterocycles. The second-order valence-corrected chi connectivity index (χ2v) is 3.50. The molecule has 0 aliphatic heterocycles. The van der Waals surface area contributed by atoms with Crippen LogP contribution in [-0.2, 0) is 0 Å². The van der Waals surface area contributed by atoms with Crippen LogP contribution in [0, 0.1) is 0 Å². The lowest BCUT2D eigenvalue weighted by Gasteiger charge is -2.06. The van der Waals surface area contributed by atoms with Crippen molar-refractivity contribution in [2.45, 2.75) is 13.1 Å². The maximum Gasteiger partial charge on any atom is 0.222 e. The van der Waals surface area contributed by atoms with Gasteiger partial charge < -0.3 is 15.4 Å². The number of aromatic hydroxyl groups is 1. The Morgan fingerprint density at radius 2 is 2.19 bits per heavy atom. The summed E-state index contributed by atoms with van der Waals surface area (Å²) in [6.45, 7) is 1.36. The van der Waals surface area contributed by atoms with Crippen molar-refractivity contribution in [1.82, 2.24) is 5.16 Å². The molecule has 0 aliphatic carbocycles. The molecule has 84 valence electrons. The molecule has 0 bridgehead atoms. The van der Waals surface area contributed by atoms with Crippen LogP contribution in [0.3, 0.4) is 0 Å². The minimum atomic E-state index is -1.25. The molecule has 0 saturated carbocycles. The number of hydrogen-bond donors (Lipinski definition) is 2. The minimum absolute atomic E-state index is 0.0739. The summed E-state index contributed by atoms with van der Waals surface area (Å²) in [5, 5.41) is 13.2. The standard InChI is InChI=1S/C11H11FN2O2/c1-6(12)8-4-7(2-3-10(8)15)9-5-11(13)16-14-9/h2-6,15H,13H2,1H3. The Kier molecular flexibility index (Phi) is 2.52. The van der Waals surface area contributed by atoms with Crippen molar-refractivity contribution >= 4 is 5.88 Å². The number of phenols is 1. The fraction of sp³-hybridized carbons (Fsp3) is 0.182. The van der Waals surface area contributed by atoms with Gasteiger partial charge in [0.1, 0.15) is 17.6 Å². The van der Waals surface area contributed by atoms with Crippen LogP contribution in [0.4, 0.5) is 10.3 Å². The molecular weight excluding hydrogens is 211 g/mol. The van der Waals surface area contributed by atoms with E-state index in [1.165, 1.54) is 19.1 Å². The summed E-state index contributed by atoms with van der Waals surface area (Å²) >= 11 is 0. The highest BCUT2D eigenvalue weighted by Gasteiger charge is 2.12. The summed E-state index contributed by atoms with van der Waals surface area (Å²) in [4.78, 5) is 0. The highest BCUT2D eigenvalue weighted by atomic mass is 19.1. The quantitative estimate of drug-likeness (QED) is 0.819. The van der Waals surface area contributed by atoms with Crippen molar-refractivity contribution in [3.63, 3.8) is 0 Å². The van der Waals surface area contributed by atoms with Crippen LogP contribution in [-0.4, -0.2) is 10.3 Å². The molecule has 0 radical (unpaired) electrons. The van der Waals surface area contributed by atoms with Crippen molar-refractivity contribution < 1.29 is 14.0 Å². The topological polar surface area (TPSA) is 72.3 Å². The van der Waals surface area contributed by atoms with E-state index in [1.54, 1.807) is 12.1 Å². The molecule has 0 spiro atoms. The average Bonchev–Trinajstić information content (AvgIpc) is 2.65. The molecule has 1 atom stereocenters. The van der Waals surface area contributed by atoms with Gasteiger partial charge in [0.25, 0.3) is 0 Å². The van der Waals surface area contributed by atoms with E-state index in [0.29, 0.717) is 11.3 Å². The number of phenolic OH excluding ortho intramolecular Hbond substituents is 1. The molecule has 0 fully saturated rings. The van der Waals surface area contributed by atoms with Crippen molar-refractivity contribution in [1.29, 1.82) is 0 Å². The van der Waals surface area contributed by atoms with Gasteiger partial charge in [0.2, 0.25) is 5.88 Å². The summed E-state index contributed by atoms with van der Waals surface area (Å²) in [6, 6.07) is 6.11. The van der Waals surface area contributed by atoms with E-state index in [4.69, 9.17) is 10.3 Å². The van der Waals surface area contributed by atoms with Crippen molar-refractivity contribution in [2.24, 2.45) is 0 Å². The Morgan fingerprint density at radius 3 is 2.75 bits per heavy atom. The summed E-state index contributed by atoms with van der Waals surface area (Å²) in [5.41, 5.74) is 6.78. The third kappa shape index (κ3) is 1.84. The molecular formula is C11H11FN2O2. The fourth-order valence-electron chi connectivity index (χ4n) is 1.46. The molecule has 0 aliphatic rings. The molecule has 1 aromatic heterocycles. The molecule has 1 heterocycles. The zero-order chi connectivity index (χ0) is 11.7. The molecule has 2 aromatic rings. The normalized spacial score (nSPS) is 12.6. The third-order valence-corrected chi connectivity index (χ3v) is 2.28. The largest absolute Gasteiger partial charge is 0.508 e. The van der Waals surface area contributed by atoms with Gasteiger partial charge in [-0.1, -0.05) is 5.16 Å². The molecule has 1 aromatic carbocycles. The second kappa shape index (κ2) is 3.84. The first kappa shape index (κ1) is 10.5. The maximum absolute atomic E-state index is 13.2. The Balaban J connectivity index is 2.47. The monoisotopic (exact) mass is 222 g/mol. The second-order valence-electron chi connectivity index (χ2n) is 3.50. The molecule has 4 nitrogen and oxygen atoms in total. The number of alkyl halides is 1. The third-order valence-electron chi connectivity index (χ3n) is 2.28. The number of halogens is 1. The molecule has 16 heavy (non-hydrogen) atoms. The Labute approximate surface area is 91.5 Å². The zero-order valence-corrected chi connectivity index (χ0v) is 8.64. The van der Waals surface area contributed by atoms with Gasteiger partial charge in [-0.25, -0.2) is 4.39 Å². The number of nitrogen functional groups attached to an aromatic ring is 1. The predicted octanol–water partition coefficient (Wildman–Crippen LogP) is 2.66. The van der Waals surface area contributed by atoms with Gasteiger partial charge >= 0.3 is 0 Å². The van der Waals surface area contributed by atoms with Crippen molar-refractivity contribution in [3.8, 4) is 17.0 Å². The lowest BCUT2D eigenvalue weighted by molar-refractivity contribution is 0.356. The van der Waals surface area contributed by atoms with Crippen LogP contribution < -0.4 is 5.73 Å². The summed E-state index contributed by atoms with van der Waals surface area (Å²) in [5.74, 6) is 0.119. The van der Waals surface area contributed by atoms with Crippen LogP contribution in [0.25, 0.3) is 11.3 Å². The average molecular weight is 222 g/mol. The lowest BCUT2D eigenvalue weighted by atomic mass is 10.0. The van der Waals surface area contributed by atoms with E-state index in [-0.39, 0.29) is 17.2 Å². The number of aromatic nitrogens is 1. The van der Waals surface area contributed by atoms with Gasteiger partial charge in [-0.05, 0) is 25.1 Å². The Bertz CT molecular complexity index is 508. The molecule has 0 amide bonds. The van der Waals surface area contributed by atoms with E-state index in [1.807, 2.05) is 0 Å². The molecule has 2 rings (SSSR count). The zero-order valence-electron chi connectivity index (χ0n) is 8.64. The van der Waals surface area contributed by atoms with Gasteiger partial charge in [0.15, 0.2) is 0 Å². The summed E-state index contributed by atoms with van der Waals surface area (Å²) in [6.07, 6.45) is -1.25. The van der Waals surface area contributed by atoms with Gasteiger partial charge in [-0.2, -0.15) is 0 Å². The van der Waals surface area contributed by atoms with Crippen molar-refractivity contribution in [2.75, 3.05) is 5.73 Å². The van der Waals surface area contributed by atoms with E-state index in [0.717, 1.165) is 0 Å². The Morgan fingerprint density at radius 1 is 1.44 bits per heavy atom. The minimum Gasteiger partial charge on any atom is -0.508 e. The highest BCUT2D eigenvalue weighted by molar-refractivity contribution is 5.63. The number of benzene rings is 1. The number of anilines is 1. The summed E-state index contributed by atoms with van der Waals surface area (Å²) < 4.78 is 17.9. The van der Waals surface area contributed by atoms with Gasteiger partial charge in [0.05, 0.1) is 0 Å². The van der Waals surface area contributed by atoms with E-state index >= 15 is 0 Å². The number of nitrogens with zero attached hydrogens (tertiary/aromatic N) is 1. The van der Waals surface area contributed by atoms with Crippen LogP contribution in [0.2, 0.25) is 0 Å². The predicted molar refractivity (Wildman–Crippen MR) is 57.5 cm³/mol. The van der Waals surface area contributed by atoms with E-state index in [9.17, 15) is 9.50 Å². The van der Waals surface area contributed by atoms with Crippen LogP contribution in [0.15, 0.2) is 28.8 Å². The number of hydrogen-bond acceptors (Lipinski definition) is 4. The lowest BCUT2D eigenvalue weighted by Crippen LogP contribution is -1.88. The first-order valence-electron chi connectivity index (χ1n) is 4.77. The number of nitrogens with two attached hydrogens (primary N) is 1. The van der Waals surface area contributed by atoms with Gasteiger partial charge in [-0.3, -0.25) is 0 Å². The molecule has 1 unspecified atom stereocenters. The van der Waals surface area contributed by atoms with Crippen LogP contribution in [0.1, 0.15) is 18.7 Å². The van der Waals surface area contributed by atoms with E-state index < -0.39 is 6.17 Å². The van der Waals surface area contributed by atoms with Gasteiger partial charge in [0, 0.05) is 17.2 Å². The Hall–Kier alpha value is -2.04. The SMILES string of the molecule is CC(F)c1cc(-c2cc(N)on2)ccc1O. The van der Waals surface area contributed by atoms with Gasteiger partial charge in [-0.15, -0.1) is 0 Å².